The summed E-state index contributed by atoms with van der Waals surface area (Å²) in [4.78, 5) is 38.6. The van der Waals surface area contributed by atoms with Crippen LogP contribution >= 0.6 is 23.2 Å². The van der Waals surface area contributed by atoms with Crippen LogP contribution in [0.4, 0.5) is 4.79 Å². The lowest BCUT2D eigenvalue weighted by atomic mass is 9.82. The molecule has 1 fully saturated rings. The van der Waals surface area contributed by atoms with Gasteiger partial charge in [0.2, 0.25) is 0 Å². The molecule has 1 saturated heterocycles. The van der Waals surface area contributed by atoms with Gasteiger partial charge in [0, 0.05) is 10.0 Å². The molecule has 27 heavy (non-hydrogen) atoms. The maximum absolute atomic E-state index is 13.3. The molecular formula is C19H16Cl2N2O4. The highest BCUT2D eigenvalue weighted by molar-refractivity contribution is 6.31. The molecule has 140 valence electrons. The van der Waals surface area contributed by atoms with Crippen molar-refractivity contribution in [1.29, 1.82) is 0 Å². The normalized spacial score (nSPS) is 15.6. The molecule has 0 radical (unpaired) electrons. The Morgan fingerprint density at radius 2 is 1.48 bits per heavy atom. The largest absolute Gasteiger partial charge is 0.465 e. The van der Waals surface area contributed by atoms with Gasteiger partial charge >= 0.3 is 12.0 Å². The maximum Gasteiger partial charge on any atom is 0.326 e. The third-order valence-corrected chi connectivity index (χ3v) is 4.76. The number of hydrogen-bond donors (Lipinski definition) is 1. The number of halogens is 2. The number of nitrogens with zero attached hydrogens (tertiary/aromatic N) is 1. The van der Waals surface area contributed by atoms with Crippen LogP contribution in [0.25, 0.3) is 0 Å². The molecule has 0 atom stereocenters. The van der Waals surface area contributed by atoms with E-state index in [-0.39, 0.29) is 6.61 Å². The van der Waals surface area contributed by atoms with Crippen molar-refractivity contribution in [1.82, 2.24) is 10.2 Å². The van der Waals surface area contributed by atoms with Crippen molar-refractivity contribution in [2.45, 2.75) is 12.5 Å². The Kier molecular flexibility index (Phi) is 5.39. The van der Waals surface area contributed by atoms with E-state index in [1.54, 1.807) is 55.5 Å². The molecule has 2 aromatic carbocycles. The number of imide groups is 1. The van der Waals surface area contributed by atoms with Crippen molar-refractivity contribution in [3.8, 4) is 0 Å². The number of ether oxygens (including phenoxy) is 1. The summed E-state index contributed by atoms with van der Waals surface area (Å²) in [5, 5.41) is 3.71. The predicted molar refractivity (Wildman–Crippen MR) is 101 cm³/mol. The Balaban J connectivity index is 2.09. The second-order valence-electron chi connectivity index (χ2n) is 5.89. The molecule has 0 spiro atoms. The van der Waals surface area contributed by atoms with Crippen LogP contribution in [-0.4, -0.2) is 36.0 Å². The number of rotatable bonds is 5. The summed E-state index contributed by atoms with van der Waals surface area (Å²) >= 11 is 11.9. The fourth-order valence-corrected chi connectivity index (χ4v) is 3.27. The fraction of sp³-hybridized carbons (Fsp3) is 0.211. The van der Waals surface area contributed by atoms with Crippen LogP contribution in [0.15, 0.2) is 48.5 Å². The molecule has 0 bridgehead atoms. The van der Waals surface area contributed by atoms with Gasteiger partial charge in [-0.3, -0.25) is 14.5 Å². The lowest BCUT2D eigenvalue weighted by Crippen LogP contribution is -2.45. The first-order valence-electron chi connectivity index (χ1n) is 8.20. The Morgan fingerprint density at radius 3 is 1.93 bits per heavy atom. The van der Waals surface area contributed by atoms with Crippen LogP contribution in [0, 0.1) is 0 Å². The molecule has 3 rings (SSSR count). The van der Waals surface area contributed by atoms with Crippen molar-refractivity contribution in [3.63, 3.8) is 0 Å². The van der Waals surface area contributed by atoms with E-state index in [4.69, 9.17) is 27.9 Å². The molecule has 6 nitrogen and oxygen atoms in total. The van der Waals surface area contributed by atoms with E-state index in [1.807, 2.05) is 0 Å². The van der Waals surface area contributed by atoms with E-state index in [9.17, 15) is 14.4 Å². The van der Waals surface area contributed by atoms with Gasteiger partial charge in [-0.1, -0.05) is 47.5 Å². The molecule has 1 aliphatic heterocycles. The Hall–Kier alpha value is -2.57. The van der Waals surface area contributed by atoms with E-state index >= 15 is 0 Å². The van der Waals surface area contributed by atoms with E-state index in [0.717, 1.165) is 4.90 Å². The van der Waals surface area contributed by atoms with Crippen molar-refractivity contribution in [3.05, 3.63) is 69.7 Å². The minimum Gasteiger partial charge on any atom is -0.465 e. The number of benzene rings is 2. The van der Waals surface area contributed by atoms with Crippen molar-refractivity contribution < 1.29 is 19.1 Å². The molecule has 0 saturated carbocycles. The van der Waals surface area contributed by atoms with Gasteiger partial charge in [-0.15, -0.1) is 0 Å². The monoisotopic (exact) mass is 406 g/mol. The van der Waals surface area contributed by atoms with Crippen LogP contribution in [0.1, 0.15) is 18.1 Å². The number of nitrogens with one attached hydrogen (secondary N) is 1. The SMILES string of the molecule is CCOC(=O)CN1C(=O)NC(c2ccc(Cl)cc2)(c2ccc(Cl)cc2)C1=O. The third kappa shape index (κ3) is 3.50. The smallest absolute Gasteiger partial charge is 0.326 e. The zero-order chi connectivity index (χ0) is 19.6. The number of hydrogen-bond acceptors (Lipinski definition) is 4. The fourth-order valence-electron chi connectivity index (χ4n) is 3.01. The molecule has 1 heterocycles. The molecule has 1 N–H and O–H groups in total. The van der Waals surface area contributed by atoms with Gasteiger partial charge in [-0.2, -0.15) is 0 Å². The second kappa shape index (κ2) is 7.58. The van der Waals surface area contributed by atoms with Gasteiger partial charge < -0.3 is 10.1 Å². The number of urea groups is 1. The van der Waals surface area contributed by atoms with Gasteiger partial charge in [0.1, 0.15) is 6.54 Å². The first-order chi connectivity index (χ1) is 12.9. The van der Waals surface area contributed by atoms with Crippen molar-refractivity contribution in [2.75, 3.05) is 13.2 Å². The Morgan fingerprint density at radius 1 is 1.00 bits per heavy atom. The summed E-state index contributed by atoms with van der Waals surface area (Å²) in [5.74, 6) is -1.24. The van der Waals surface area contributed by atoms with Crippen molar-refractivity contribution in [2.24, 2.45) is 0 Å². The number of carbonyl (C=O) groups is 3. The zero-order valence-corrected chi connectivity index (χ0v) is 15.9. The van der Waals surface area contributed by atoms with Gasteiger partial charge in [0.25, 0.3) is 5.91 Å². The summed E-state index contributed by atoms with van der Waals surface area (Å²) < 4.78 is 4.86. The molecule has 2 aromatic rings. The highest BCUT2D eigenvalue weighted by Crippen LogP contribution is 2.37. The summed E-state index contributed by atoms with van der Waals surface area (Å²) in [6.07, 6.45) is 0. The molecule has 3 amide bonds. The van der Waals surface area contributed by atoms with E-state index in [1.165, 1.54) is 0 Å². The second-order valence-corrected chi connectivity index (χ2v) is 6.76. The van der Waals surface area contributed by atoms with E-state index in [2.05, 4.69) is 5.32 Å². The van der Waals surface area contributed by atoms with E-state index < -0.39 is 30.0 Å². The number of carbonyl (C=O) groups excluding carboxylic acids is 3. The molecule has 0 aromatic heterocycles. The summed E-state index contributed by atoms with van der Waals surface area (Å²) in [6.45, 7) is 1.33. The quantitative estimate of drug-likeness (QED) is 0.609. The van der Waals surface area contributed by atoms with Crippen LogP contribution in [0.3, 0.4) is 0 Å². The molecule has 0 aliphatic carbocycles. The maximum atomic E-state index is 13.3. The molecular weight excluding hydrogens is 391 g/mol. The Labute approximate surface area is 166 Å². The highest BCUT2D eigenvalue weighted by Gasteiger charge is 2.54. The van der Waals surface area contributed by atoms with Gasteiger partial charge in [-0.25, -0.2) is 4.79 Å². The molecule has 0 unspecified atom stereocenters. The first kappa shape index (κ1) is 19.2. The van der Waals surface area contributed by atoms with Gasteiger partial charge in [-0.05, 0) is 42.3 Å². The topological polar surface area (TPSA) is 75.7 Å². The van der Waals surface area contributed by atoms with Crippen LogP contribution in [0.5, 0.6) is 0 Å². The van der Waals surface area contributed by atoms with Crippen LogP contribution < -0.4 is 5.32 Å². The minimum absolute atomic E-state index is 0.155. The van der Waals surface area contributed by atoms with Crippen LogP contribution in [0.2, 0.25) is 10.0 Å². The average Bonchev–Trinajstić information content (AvgIpc) is 2.89. The standard InChI is InChI=1S/C19H16Cl2N2O4/c1-2-27-16(24)11-23-17(25)19(22-18(23)26,12-3-7-14(20)8-4-12)13-5-9-15(21)10-6-13/h3-10H,2,11H2,1H3,(H,22,26). The Bertz CT molecular complexity index is 836. The summed E-state index contributed by atoms with van der Waals surface area (Å²) in [7, 11) is 0. The summed E-state index contributed by atoms with van der Waals surface area (Å²) in [6, 6.07) is 12.4. The first-order valence-corrected chi connectivity index (χ1v) is 8.96. The average molecular weight is 407 g/mol. The summed E-state index contributed by atoms with van der Waals surface area (Å²) in [5.41, 5.74) is -0.462. The zero-order valence-electron chi connectivity index (χ0n) is 14.4. The number of esters is 1. The highest BCUT2D eigenvalue weighted by atomic mass is 35.5. The van der Waals surface area contributed by atoms with Crippen LogP contribution in [-0.2, 0) is 19.9 Å². The lowest BCUT2D eigenvalue weighted by Gasteiger charge is -2.28. The molecule has 8 heteroatoms. The predicted octanol–water partition coefficient (Wildman–Crippen LogP) is 3.35. The molecule has 1 aliphatic rings. The van der Waals surface area contributed by atoms with Gasteiger partial charge in [0.05, 0.1) is 6.61 Å². The number of amides is 3. The van der Waals surface area contributed by atoms with Crippen molar-refractivity contribution >= 4 is 41.1 Å². The van der Waals surface area contributed by atoms with Gasteiger partial charge in [0.15, 0.2) is 5.54 Å². The third-order valence-electron chi connectivity index (χ3n) is 4.25. The minimum atomic E-state index is -1.49. The van der Waals surface area contributed by atoms with E-state index in [0.29, 0.717) is 21.2 Å². The lowest BCUT2D eigenvalue weighted by molar-refractivity contribution is -0.147.